The van der Waals surface area contributed by atoms with Crippen molar-refractivity contribution in [2.75, 3.05) is 12.4 Å². The van der Waals surface area contributed by atoms with Gasteiger partial charge in [-0.05, 0) is 36.6 Å². The van der Waals surface area contributed by atoms with Crippen molar-refractivity contribution in [3.8, 4) is 0 Å². The van der Waals surface area contributed by atoms with Crippen LogP contribution in [0, 0.1) is 5.82 Å². The molecule has 0 saturated heterocycles. The Morgan fingerprint density at radius 3 is 2.52 bits per heavy atom. The Labute approximate surface area is 172 Å². The third kappa shape index (κ3) is 5.54. The fraction of sp³-hybridized carbons (Fsp3) is 0.227. The highest BCUT2D eigenvalue weighted by molar-refractivity contribution is 7.99. The Morgan fingerprint density at radius 1 is 1.10 bits per heavy atom. The van der Waals surface area contributed by atoms with Gasteiger partial charge in [0, 0.05) is 5.75 Å². The number of carbonyl (C=O) groups is 1. The molecule has 7 heteroatoms. The molecule has 0 aliphatic rings. The molecule has 0 spiro atoms. The lowest BCUT2D eigenvalue weighted by Crippen LogP contribution is -2.30. The quantitative estimate of drug-likeness (QED) is 0.319. The summed E-state index contributed by atoms with van der Waals surface area (Å²) >= 11 is 1.44. The topological polar surface area (TPSA) is 61.2 Å². The Bertz CT molecular complexity index is 1020. The molecule has 0 radical (unpaired) electrons. The molecule has 5 nitrogen and oxygen atoms in total. The van der Waals surface area contributed by atoms with E-state index in [0.29, 0.717) is 5.16 Å². The molecule has 1 heterocycles. The molecule has 0 saturated carbocycles. The maximum absolute atomic E-state index is 13.2. The molecule has 0 atom stereocenters. The molecule has 150 valence electrons. The van der Waals surface area contributed by atoms with Crippen LogP contribution in [0.4, 0.5) is 4.39 Å². The Morgan fingerprint density at radius 2 is 1.83 bits per heavy atom. The minimum absolute atomic E-state index is 0.110. The number of carbonyl (C=O) groups excluding carboxylic acids is 1. The van der Waals surface area contributed by atoms with Crippen molar-refractivity contribution in [1.29, 1.82) is 0 Å². The van der Waals surface area contributed by atoms with E-state index in [-0.39, 0.29) is 24.5 Å². The number of aryl methyl sites for hydroxylation is 1. The summed E-state index contributed by atoms with van der Waals surface area (Å²) in [6.45, 7) is 2.03. The van der Waals surface area contributed by atoms with Crippen LogP contribution < -0.4 is 5.56 Å². The lowest BCUT2D eigenvalue weighted by molar-refractivity contribution is 0.0522. The Kier molecular flexibility index (Phi) is 7.19. The van der Waals surface area contributed by atoms with Crippen molar-refractivity contribution >= 4 is 17.7 Å². The summed E-state index contributed by atoms with van der Waals surface area (Å²) in [6.07, 6.45) is 2.09. The highest BCUT2D eigenvalue weighted by atomic mass is 32.2. The summed E-state index contributed by atoms with van der Waals surface area (Å²) in [6, 6.07) is 15.9. The standard InChI is InChI=1S/C22H21FN2O3S/c1-2-28-21(27)19-14-24-22(29-13-12-16-6-4-3-5-7-16)25(20(19)26)15-17-8-10-18(23)11-9-17/h3-11,14H,2,12-13,15H2,1H3. The number of hydrogen-bond acceptors (Lipinski definition) is 5. The van der Waals surface area contributed by atoms with E-state index in [1.54, 1.807) is 19.1 Å². The van der Waals surface area contributed by atoms with Gasteiger partial charge in [-0.3, -0.25) is 9.36 Å². The Hall–Kier alpha value is -2.93. The minimum atomic E-state index is -0.696. The van der Waals surface area contributed by atoms with E-state index in [4.69, 9.17) is 4.74 Å². The van der Waals surface area contributed by atoms with Crippen LogP contribution in [0.3, 0.4) is 0 Å². The van der Waals surface area contributed by atoms with Crippen molar-refractivity contribution in [3.05, 3.63) is 93.7 Å². The third-order valence-corrected chi connectivity index (χ3v) is 5.22. The second-order valence-electron chi connectivity index (χ2n) is 6.28. The summed E-state index contributed by atoms with van der Waals surface area (Å²) in [7, 11) is 0. The summed E-state index contributed by atoms with van der Waals surface area (Å²) < 4.78 is 19.6. The van der Waals surface area contributed by atoms with E-state index in [1.807, 2.05) is 30.3 Å². The highest BCUT2D eigenvalue weighted by Gasteiger charge is 2.18. The molecule has 0 aliphatic carbocycles. The zero-order valence-corrected chi connectivity index (χ0v) is 16.8. The molecule has 3 aromatic rings. The smallest absolute Gasteiger partial charge is 0.345 e. The third-order valence-electron chi connectivity index (χ3n) is 4.22. The summed E-state index contributed by atoms with van der Waals surface area (Å²) in [4.78, 5) is 29.4. The van der Waals surface area contributed by atoms with Gasteiger partial charge in [0.1, 0.15) is 11.4 Å². The van der Waals surface area contributed by atoms with Crippen molar-refractivity contribution in [2.24, 2.45) is 0 Å². The molecule has 0 aliphatic heterocycles. The number of ether oxygens (including phenoxy) is 1. The second-order valence-corrected chi connectivity index (χ2v) is 7.34. The van der Waals surface area contributed by atoms with Gasteiger partial charge in [0.05, 0.1) is 19.3 Å². The lowest BCUT2D eigenvalue weighted by atomic mass is 10.2. The average Bonchev–Trinajstić information content (AvgIpc) is 2.73. The molecule has 2 aromatic carbocycles. The fourth-order valence-corrected chi connectivity index (χ4v) is 3.71. The summed E-state index contributed by atoms with van der Waals surface area (Å²) in [5.74, 6) is -0.325. The largest absolute Gasteiger partial charge is 0.462 e. The molecular formula is C22H21FN2O3S. The number of nitrogens with zero attached hydrogens (tertiary/aromatic N) is 2. The van der Waals surface area contributed by atoms with Crippen LogP contribution in [0.1, 0.15) is 28.4 Å². The van der Waals surface area contributed by atoms with E-state index < -0.39 is 11.5 Å². The normalized spacial score (nSPS) is 10.7. The first kappa shape index (κ1) is 20.8. The van der Waals surface area contributed by atoms with Gasteiger partial charge >= 0.3 is 5.97 Å². The number of aromatic nitrogens is 2. The van der Waals surface area contributed by atoms with Crippen LogP contribution >= 0.6 is 11.8 Å². The molecule has 0 N–H and O–H groups in total. The predicted octanol–water partition coefficient (Wildman–Crippen LogP) is 3.94. The van der Waals surface area contributed by atoms with Crippen LogP contribution in [0.15, 0.2) is 70.7 Å². The molecule has 1 aromatic heterocycles. The number of thioether (sulfide) groups is 1. The molecule has 3 rings (SSSR count). The van der Waals surface area contributed by atoms with E-state index >= 15 is 0 Å². The van der Waals surface area contributed by atoms with E-state index in [0.717, 1.165) is 17.7 Å². The predicted molar refractivity (Wildman–Crippen MR) is 111 cm³/mol. The zero-order chi connectivity index (χ0) is 20.6. The number of benzene rings is 2. The lowest BCUT2D eigenvalue weighted by Gasteiger charge is -2.13. The fourth-order valence-electron chi connectivity index (χ4n) is 2.76. The number of halogens is 1. The van der Waals surface area contributed by atoms with Crippen LogP contribution in [-0.4, -0.2) is 27.9 Å². The van der Waals surface area contributed by atoms with Gasteiger partial charge in [-0.25, -0.2) is 14.2 Å². The van der Waals surface area contributed by atoms with Crippen LogP contribution in [-0.2, 0) is 17.7 Å². The maximum Gasteiger partial charge on any atom is 0.345 e. The van der Waals surface area contributed by atoms with Gasteiger partial charge in [0.25, 0.3) is 5.56 Å². The molecule has 0 fully saturated rings. The van der Waals surface area contributed by atoms with Gasteiger partial charge in [-0.1, -0.05) is 54.2 Å². The van der Waals surface area contributed by atoms with Gasteiger partial charge in [0.2, 0.25) is 0 Å². The molecule has 29 heavy (non-hydrogen) atoms. The van der Waals surface area contributed by atoms with Crippen molar-refractivity contribution in [3.63, 3.8) is 0 Å². The van der Waals surface area contributed by atoms with Crippen molar-refractivity contribution in [2.45, 2.75) is 25.0 Å². The van der Waals surface area contributed by atoms with Crippen LogP contribution in [0.2, 0.25) is 0 Å². The first-order valence-corrected chi connectivity index (χ1v) is 10.2. The molecule has 0 bridgehead atoms. The Balaban J connectivity index is 1.87. The molecule has 0 unspecified atom stereocenters. The first-order valence-electron chi connectivity index (χ1n) is 9.26. The number of esters is 1. The van der Waals surface area contributed by atoms with Crippen molar-refractivity contribution in [1.82, 2.24) is 9.55 Å². The van der Waals surface area contributed by atoms with Gasteiger partial charge < -0.3 is 4.74 Å². The van der Waals surface area contributed by atoms with Gasteiger partial charge in [-0.15, -0.1) is 0 Å². The van der Waals surface area contributed by atoms with Crippen molar-refractivity contribution < 1.29 is 13.9 Å². The average molecular weight is 412 g/mol. The maximum atomic E-state index is 13.2. The van der Waals surface area contributed by atoms with Gasteiger partial charge in [-0.2, -0.15) is 0 Å². The van der Waals surface area contributed by atoms with Crippen LogP contribution in [0.5, 0.6) is 0 Å². The zero-order valence-electron chi connectivity index (χ0n) is 16.0. The highest BCUT2D eigenvalue weighted by Crippen LogP contribution is 2.18. The first-order chi connectivity index (χ1) is 14.1. The number of hydrogen-bond donors (Lipinski definition) is 0. The number of rotatable bonds is 8. The summed E-state index contributed by atoms with van der Waals surface area (Å²) in [5.41, 5.74) is 1.35. The van der Waals surface area contributed by atoms with E-state index in [9.17, 15) is 14.0 Å². The second kappa shape index (κ2) is 10.0. The molecule has 0 amide bonds. The van der Waals surface area contributed by atoms with Gasteiger partial charge in [0.15, 0.2) is 5.16 Å². The van der Waals surface area contributed by atoms with E-state index in [1.165, 1.54) is 40.2 Å². The minimum Gasteiger partial charge on any atom is -0.462 e. The SMILES string of the molecule is CCOC(=O)c1cnc(SCCc2ccccc2)n(Cc2ccc(F)cc2)c1=O. The van der Waals surface area contributed by atoms with E-state index in [2.05, 4.69) is 4.98 Å². The molecular weight excluding hydrogens is 391 g/mol. The van der Waals surface area contributed by atoms with Crippen LogP contribution in [0.25, 0.3) is 0 Å². The monoisotopic (exact) mass is 412 g/mol. The summed E-state index contributed by atoms with van der Waals surface area (Å²) in [5, 5.41) is 0.503.